The van der Waals surface area contributed by atoms with E-state index >= 15 is 0 Å². The van der Waals surface area contributed by atoms with Gasteiger partial charge in [-0.15, -0.1) is 0 Å². The number of rotatable bonds is 3. The molecule has 1 aromatic carbocycles. The molecule has 0 aromatic heterocycles. The molecular weight excluding hydrogens is 327 g/mol. The molecule has 122 valence electrons. The Balaban J connectivity index is 1.91. The summed E-state index contributed by atoms with van der Waals surface area (Å²) >= 11 is 1.76. The third-order valence-electron chi connectivity index (χ3n) is 4.09. The van der Waals surface area contributed by atoms with E-state index in [2.05, 4.69) is 0 Å². The Labute approximate surface area is 134 Å². The lowest BCUT2D eigenvalue weighted by molar-refractivity contribution is -0.110. The molecule has 8 heteroatoms. The van der Waals surface area contributed by atoms with E-state index in [0.29, 0.717) is 18.7 Å². The summed E-state index contributed by atoms with van der Waals surface area (Å²) in [5.41, 5.74) is 0.625. The summed E-state index contributed by atoms with van der Waals surface area (Å²) in [6.07, 6.45) is 0. The quantitative estimate of drug-likeness (QED) is 0.830. The van der Waals surface area contributed by atoms with Crippen LogP contribution in [0, 0.1) is 5.82 Å². The lowest BCUT2D eigenvalue weighted by Crippen LogP contribution is -2.45. The average Bonchev–Trinajstić information content (AvgIpc) is 2.90. The Morgan fingerprint density at radius 2 is 2.05 bits per heavy atom. The van der Waals surface area contributed by atoms with Crippen LogP contribution < -0.4 is 0 Å². The number of thioether (sulfide) groups is 1. The van der Waals surface area contributed by atoms with Crippen LogP contribution in [-0.4, -0.2) is 61.3 Å². The Morgan fingerprint density at radius 3 is 2.73 bits per heavy atom. The molecule has 0 bridgehead atoms. The van der Waals surface area contributed by atoms with Crippen molar-refractivity contribution < 1.29 is 17.6 Å². The van der Waals surface area contributed by atoms with Crippen molar-refractivity contribution in [2.45, 2.75) is 11.3 Å². The molecule has 0 radical (unpaired) electrons. The van der Waals surface area contributed by atoms with Gasteiger partial charge in [-0.3, -0.25) is 4.84 Å². The monoisotopic (exact) mass is 346 g/mol. The van der Waals surface area contributed by atoms with Crippen molar-refractivity contribution in [3.63, 3.8) is 0 Å². The smallest absolute Gasteiger partial charge is 0.221 e. The van der Waals surface area contributed by atoms with Gasteiger partial charge >= 0.3 is 0 Å². The molecule has 0 aliphatic carbocycles. The Bertz CT molecular complexity index is 635. The largest absolute Gasteiger partial charge is 0.297 e. The zero-order chi connectivity index (χ0) is 15.7. The summed E-state index contributed by atoms with van der Waals surface area (Å²) < 4.78 is 40.9. The van der Waals surface area contributed by atoms with E-state index in [1.807, 2.05) is 0 Å². The van der Waals surface area contributed by atoms with Crippen molar-refractivity contribution in [1.29, 1.82) is 0 Å². The molecule has 2 aliphatic rings. The highest BCUT2D eigenvalue weighted by molar-refractivity contribution is 7.99. The predicted octanol–water partition coefficient (Wildman–Crippen LogP) is 1.49. The molecule has 2 fully saturated rings. The van der Waals surface area contributed by atoms with Crippen LogP contribution in [0.1, 0.15) is 11.6 Å². The minimum atomic E-state index is -3.47. The third-order valence-corrected chi connectivity index (χ3v) is 7.28. The van der Waals surface area contributed by atoms with Crippen molar-refractivity contribution in [1.82, 2.24) is 9.37 Å². The second-order valence-electron chi connectivity index (χ2n) is 5.44. The normalized spacial score (nSPS) is 28.1. The van der Waals surface area contributed by atoms with E-state index < -0.39 is 21.3 Å². The first-order chi connectivity index (χ1) is 10.5. The molecular formula is C14H19FN2O3S2. The van der Waals surface area contributed by atoms with Crippen LogP contribution in [-0.2, 0) is 14.9 Å². The van der Waals surface area contributed by atoms with Gasteiger partial charge in [-0.25, -0.2) is 12.8 Å². The standard InChI is InChI=1S/C14H19FN2O3S2/c1-16-14(11-3-2-4-12(15)9-11)13(10-20-16)22(18,19)17-5-7-21-8-6-17/h2-4,9,13-14H,5-8,10H2,1H3. The number of hydrogen-bond acceptors (Lipinski definition) is 5. The Hall–Kier alpha value is -0.670. The van der Waals surface area contributed by atoms with Gasteiger partial charge in [0.25, 0.3) is 0 Å². The minimum absolute atomic E-state index is 0.101. The summed E-state index contributed by atoms with van der Waals surface area (Å²) in [6.45, 7) is 1.16. The molecule has 3 rings (SSSR count). The van der Waals surface area contributed by atoms with E-state index in [0.717, 1.165) is 11.5 Å². The molecule has 2 heterocycles. The Morgan fingerprint density at radius 1 is 1.32 bits per heavy atom. The molecule has 1 aromatic rings. The molecule has 0 amide bonds. The van der Waals surface area contributed by atoms with Crippen molar-refractivity contribution in [3.8, 4) is 0 Å². The second-order valence-corrected chi connectivity index (χ2v) is 8.81. The van der Waals surface area contributed by atoms with Gasteiger partial charge in [-0.2, -0.15) is 21.1 Å². The lowest BCUT2D eigenvalue weighted by Gasteiger charge is -2.30. The van der Waals surface area contributed by atoms with Crippen LogP contribution in [0.4, 0.5) is 4.39 Å². The van der Waals surface area contributed by atoms with Gasteiger partial charge in [0.15, 0.2) is 0 Å². The molecule has 2 saturated heterocycles. The Kier molecular flexibility index (Phi) is 4.75. The number of hydrogen-bond donors (Lipinski definition) is 0. The van der Waals surface area contributed by atoms with Gasteiger partial charge in [0.2, 0.25) is 10.0 Å². The van der Waals surface area contributed by atoms with Crippen LogP contribution in [0.3, 0.4) is 0 Å². The maximum Gasteiger partial charge on any atom is 0.221 e. The molecule has 0 spiro atoms. The second kappa shape index (κ2) is 6.45. The fraction of sp³-hybridized carbons (Fsp3) is 0.571. The zero-order valence-corrected chi connectivity index (χ0v) is 13.9. The maximum absolute atomic E-state index is 13.5. The van der Waals surface area contributed by atoms with E-state index in [9.17, 15) is 12.8 Å². The summed E-state index contributed by atoms with van der Waals surface area (Å²) in [5.74, 6) is 1.25. The summed E-state index contributed by atoms with van der Waals surface area (Å²) in [7, 11) is -1.78. The van der Waals surface area contributed by atoms with Crippen molar-refractivity contribution in [2.75, 3.05) is 38.2 Å². The van der Waals surface area contributed by atoms with Gasteiger partial charge in [0, 0.05) is 31.6 Å². The number of nitrogens with zero attached hydrogens (tertiary/aromatic N) is 2. The van der Waals surface area contributed by atoms with E-state index in [1.165, 1.54) is 17.2 Å². The molecule has 5 nitrogen and oxygen atoms in total. The van der Waals surface area contributed by atoms with Gasteiger partial charge in [0.1, 0.15) is 11.1 Å². The summed E-state index contributed by atoms with van der Waals surface area (Å²) in [4.78, 5) is 5.45. The SMILES string of the molecule is CN1OCC(S(=O)(=O)N2CCSCC2)C1c1cccc(F)c1. The van der Waals surface area contributed by atoms with Gasteiger partial charge in [0.05, 0.1) is 12.6 Å². The number of hydroxylamine groups is 2. The van der Waals surface area contributed by atoms with Crippen LogP contribution >= 0.6 is 11.8 Å². The molecule has 0 N–H and O–H groups in total. The number of benzene rings is 1. The van der Waals surface area contributed by atoms with Crippen LogP contribution in [0.5, 0.6) is 0 Å². The van der Waals surface area contributed by atoms with Gasteiger partial charge in [-0.05, 0) is 17.7 Å². The van der Waals surface area contributed by atoms with E-state index in [-0.39, 0.29) is 12.4 Å². The fourth-order valence-electron chi connectivity index (χ4n) is 2.95. The maximum atomic E-state index is 13.5. The summed E-state index contributed by atoms with van der Waals surface area (Å²) in [5, 5.41) is 0.817. The average molecular weight is 346 g/mol. The highest BCUT2D eigenvalue weighted by Crippen LogP contribution is 2.35. The predicted molar refractivity (Wildman–Crippen MR) is 84.5 cm³/mol. The number of sulfonamides is 1. The van der Waals surface area contributed by atoms with E-state index in [1.54, 1.807) is 35.2 Å². The highest BCUT2D eigenvalue weighted by atomic mass is 32.2. The first-order valence-corrected chi connectivity index (χ1v) is 9.84. The molecule has 0 saturated carbocycles. The molecule has 2 aliphatic heterocycles. The highest BCUT2D eigenvalue weighted by Gasteiger charge is 2.45. The van der Waals surface area contributed by atoms with Crippen molar-refractivity contribution in [3.05, 3.63) is 35.6 Å². The zero-order valence-electron chi connectivity index (χ0n) is 12.3. The number of halogens is 1. The minimum Gasteiger partial charge on any atom is -0.297 e. The van der Waals surface area contributed by atoms with E-state index in [4.69, 9.17) is 4.84 Å². The molecule has 2 unspecified atom stereocenters. The van der Waals surface area contributed by atoms with Crippen LogP contribution in [0.2, 0.25) is 0 Å². The van der Waals surface area contributed by atoms with Crippen LogP contribution in [0.25, 0.3) is 0 Å². The fourth-order valence-corrected chi connectivity index (χ4v) is 6.05. The van der Waals surface area contributed by atoms with Crippen molar-refractivity contribution in [2.24, 2.45) is 0 Å². The van der Waals surface area contributed by atoms with Gasteiger partial charge in [-0.1, -0.05) is 12.1 Å². The van der Waals surface area contributed by atoms with Gasteiger partial charge < -0.3 is 0 Å². The molecule has 22 heavy (non-hydrogen) atoms. The lowest BCUT2D eigenvalue weighted by atomic mass is 10.0. The van der Waals surface area contributed by atoms with Crippen molar-refractivity contribution >= 4 is 21.8 Å². The first kappa shape index (κ1) is 16.2. The first-order valence-electron chi connectivity index (χ1n) is 7.18. The molecule has 2 atom stereocenters. The summed E-state index contributed by atoms with van der Waals surface area (Å²) in [6, 6.07) is 5.58. The third kappa shape index (κ3) is 3.03. The van der Waals surface area contributed by atoms with Crippen LogP contribution in [0.15, 0.2) is 24.3 Å². The topological polar surface area (TPSA) is 49.9 Å².